The minimum Gasteiger partial charge on any atom is -0.310 e. The average Bonchev–Trinajstić information content (AvgIpc) is 3.78. The highest BCUT2D eigenvalue weighted by atomic mass is 15.1. The molecule has 0 fully saturated rings. The lowest BCUT2D eigenvalue weighted by atomic mass is 9.61. The van der Waals surface area contributed by atoms with Crippen molar-refractivity contribution in [1.82, 2.24) is 4.57 Å². The number of rotatable bonds is 4. The fourth-order valence-electron chi connectivity index (χ4n) is 9.74. The SMILES string of the molecule is [2H]c1c([2H])c([2H])c2c(c1[2H])-c1ccccc1C21c2cc(N(c3ccccc3)c3ccc4c5ccccc5n(-c5ccccc5)c4c3)ccc2-c2cccc3cccc1c23. The summed E-state index contributed by atoms with van der Waals surface area (Å²) < 4.78 is 39.2. The maximum atomic E-state index is 9.69. The number of anilines is 3. The van der Waals surface area contributed by atoms with Crippen molar-refractivity contribution in [2.24, 2.45) is 0 Å². The van der Waals surface area contributed by atoms with Crippen LogP contribution in [0, 0.1) is 0 Å². The molecule has 1 atom stereocenters. The summed E-state index contributed by atoms with van der Waals surface area (Å²) in [5, 5.41) is 4.55. The van der Waals surface area contributed by atoms with Crippen LogP contribution >= 0.6 is 0 Å². The van der Waals surface area contributed by atoms with Crippen molar-refractivity contribution in [2.45, 2.75) is 5.41 Å². The number of nitrogens with zero attached hydrogens (tertiary/aromatic N) is 2. The van der Waals surface area contributed by atoms with Crippen LogP contribution in [0.1, 0.15) is 27.7 Å². The number of hydrogen-bond acceptors (Lipinski definition) is 1. The summed E-state index contributed by atoms with van der Waals surface area (Å²) in [7, 11) is 0. The molecule has 0 saturated heterocycles. The Morgan fingerprint density at radius 1 is 0.418 bits per heavy atom. The third-order valence-corrected chi connectivity index (χ3v) is 11.9. The molecule has 0 amide bonds. The molecule has 12 rings (SSSR count). The molecule has 0 saturated carbocycles. The number of hydrogen-bond donors (Lipinski definition) is 0. The van der Waals surface area contributed by atoms with E-state index in [-0.39, 0.29) is 24.2 Å². The van der Waals surface area contributed by atoms with Crippen LogP contribution in [0.4, 0.5) is 17.1 Å². The van der Waals surface area contributed by atoms with Crippen molar-refractivity contribution < 1.29 is 5.48 Å². The Kier molecular flexibility index (Phi) is 5.52. The fraction of sp³-hybridized carbons (Fsp3) is 0.0189. The largest absolute Gasteiger partial charge is 0.310 e. The molecule has 1 spiro atoms. The van der Waals surface area contributed by atoms with Gasteiger partial charge in [0.05, 0.1) is 21.9 Å². The van der Waals surface area contributed by atoms with Gasteiger partial charge < -0.3 is 9.47 Å². The molecule has 1 aromatic heterocycles. The predicted octanol–water partition coefficient (Wildman–Crippen LogP) is 13.8. The maximum Gasteiger partial charge on any atom is 0.0726 e. The summed E-state index contributed by atoms with van der Waals surface area (Å²) in [6.45, 7) is 0. The van der Waals surface area contributed by atoms with Crippen LogP contribution in [0.3, 0.4) is 0 Å². The predicted molar refractivity (Wildman–Crippen MR) is 229 cm³/mol. The van der Waals surface area contributed by atoms with Crippen LogP contribution in [0.15, 0.2) is 206 Å². The fourth-order valence-corrected chi connectivity index (χ4v) is 9.74. The van der Waals surface area contributed by atoms with Gasteiger partial charge in [0, 0.05) is 33.5 Å². The molecule has 55 heavy (non-hydrogen) atoms. The van der Waals surface area contributed by atoms with Gasteiger partial charge in [-0.1, -0.05) is 152 Å². The van der Waals surface area contributed by atoms with Gasteiger partial charge in [0.1, 0.15) is 0 Å². The lowest BCUT2D eigenvalue weighted by molar-refractivity contribution is 0.773. The van der Waals surface area contributed by atoms with E-state index in [4.69, 9.17) is 2.74 Å². The van der Waals surface area contributed by atoms with Crippen molar-refractivity contribution in [3.63, 3.8) is 0 Å². The van der Waals surface area contributed by atoms with E-state index in [2.05, 4.69) is 161 Å². The van der Waals surface area contributed by atoms with E-state index >= 15 is 0 Å². The standard InChI is InChI=1S/C53H34N2/c1-3-17-36(18-4-1)54(39-30-32-44-43-23-9-12-28-50(43)55(51(44)34-39)37-19-5-2-6-20-37)38-29-31-42-45-24-13-15-35-16-14-27-48(52(35)45)53(49(42)33-38)46-25-10-7-21-40(46)41-22-8-11-26-47(41)53/h1-34H/i7D,10D,21D,25D. The Morgan fingerprint density at radius 3 is 1.96 bits per heavy atom. The minimum atomic E-state index is -1.03. The molecule has 0 aliphatic heterocycles. The van der Waals surface area contributed by atoms with Crippen LogP contribution in [0.5, 0.6) is 0 Å². The molecule has 10 aromatic rings. The first kappa shape index (κ1) is 26.6. The summed E-state index contributed by atoms with van der Waals surface area (Å²) in [4.78, 5) is 2.31. The van der Waals surface area contributed by atoms with Gasteiger partial charge in [0.15, 0.2) is 0 Å². The Morgan fingerprint density at radius 2 is 1.07 bits per heavy atom. The number of benzene rings is 9. The first-order valence-corrected chi connectivity index (χ1v) is 18.8. The summed E-state index contributed by atoms with van der Waals surface area (Å²) in [5.74, 6) is 0. The smallest absolute Gasteiger partial charge is 0.0726 e. The third-order valence-electron chi connectivity index (χ3n) is 11.9. The summed E-state index contributed by atoms with van der Waals surface area (Å²) in [6.07, 6.45) is 0. The zero-order valence-corrected chi connectivity index (χ0v) is 29.7. The molecule has 2 nitrogen and oxygen atoms in total. The summed E-state index contributed by atoms with van der Waals surface area (Å²) >= 11 is 0. The quantitative estimate of drug-likeness (QED) is 0.177. The first-order valence-electron chi connectivity index (χ1n) is 20.8. The van der Waals surface area contributed by atoms with Crippen LogP contribution in [0.2, 0.25) is 0 Å². The maximum absolute atomic E-state index is 9.69. The third kappa shape index (κ3) is 4.08. The highest BCUT2D eigenvalue weighted by molar-refractivity contribution is 6.11. The first-order chi connectivity index (χ1) is 29.0. The van der Waals surface area contributed by atoms with Crippen LogP contribution in [0.25, 0.3) is 60.5 Å². The van der Waals surface area contributed by atoms with Crippen LogP contribution < -0.4 is 4.90 Å². The molecule has 0 bridgehead atoms. The number of fused-ring (bicyclic) bond motifs is 12. The van der Waals surface area contributed by atoms with Gasteiger partial charge >= 0.3 is 0 Å². The molecule has 1 heterocycles. The molecule has 2 aliphatic carbocycles. The lowest BCUT2D eigenvalue weighted by Crippen LogP contribution is -2.32. The van der Waals surface area contributed by atoms with Gasteiger partial charge in [-0.2, -0.15) is 0 Å². The zero-order chi connectivity index (χ0) is 39.6. The zero-order valence-electron chi connectivity index (χ0n) is 33.7. The van der Waals surface area contributed by atoms with E-state index in [1.165, 1.54) is 10.8 Å². The van der Waals surface area contributed by atoms with Gasteiger partial charge in [0.2, 0.25) is 0 Å². The van der Waals surface area contributed by atoms with Crippen LogP contribution in [-0.4, -0.2) is 4.57 Å². The molecule has 9 aromatic carbocycles. The molecule has 2 aliphatic rings. The molecule has 256 valence electrons. The summed E-state index contributed by atoms with van der Waals surface area (Å²) in [6, 6.07) is 63.5. The second-order valence-corrected chi connectivity index (χ2v) is 14.5. The Bertz CT molecular complexity index is 3390. The second-order valence-electron chi connectivity index (χ2n) is 14.5. The van der Waals surface area contributed by atoms with Gasteiger partial charge in [-0.15, -0.1) is 0 Å². The number of aromatic nitrogens is 1. The highest BCUT2D eigenvalue weighted by Gasteiger charge is 2.50. The minimum absolute atomic E-state index is 0.0101. The summed E-state index contributed by atoms with van der Waals surface area (Å²) in [5.41, 5.74) is 12.3. The van der Waals surface area contributed by atoms with E-state index in [9.17, 15) is 2.74 Å². The molecule has 2 heteroatoms. The van der Waals surface area contributed by atoms with Crippen molar-refractivity contribution >= 4 is 49.6 Å². The molecule has 0 N–H and O–H groups in total. The van der Waals surface area contributed by atoms with E-state index < -0.39 is 5.41 Å². The Labute approximate surface area is 325 Å². The second kappa shape index (κ2) is 11.4. The van der Waals surface area contributed by atoms with Gasteiger partial charge in [-0.05, 0) is 110 Å². The number of para-hydroxylation sites is 3. The van der Waals surface area contributed by atoms with Crippen molar-refractivity contribution in [1.29, 1.82) is 0 Å². The normalized spacial score (nSPS) is 16.0. The van der Waals surface area contributed by atoms with Crippen molar-refractivity contribution in [3.05, 3.63) is 228 Å². The van der Waals surface area contributed by atoms with Crippen molar-refractivity contribution in [3.8, 4) is 27.9 Å². The Balaban J connectivity index is 1.19. The van der Waals surface area contributed by atoms with Gasteiger partial charge in [-0.3, -0.25) is 0 Å². The lowest BCUT2D eigenvalue weighted by Gasteiger charge is -2.40. The molecular weight excluding hydrogens is 665 g/mol. The topological polar surface area (TPSA) is 8.17 Å². The molecule has 1 unspecified atom stereocenters. The van der Waals surface area contributed by atoms with Gasteiger partial charge in [-0.25, -0.2) is 0 Å². The van der Waals surface area contributed by atoms with Crippen LogP contribution in [-0.2, 0) is 5.41 Å². The van der Waals surface area contributed by atoms with E-state index in [0.29, 0.717) is 11.1 Å². The van der Waals surface area contributed by atoms with Gasteiger partial charge in [0.25, 0.3) is 0 Å². The van der Waals surface area contributed by atoms with E-state index in [1.54, 1.807) is 0 Å². The molecule has 0 radical (unpaired) electrons. The Hall–Kier alpha value is -7.16. The molecular formula is C53H34N2. The highest BCUT2D eigenvalue weighted by Crippen LogP contribution is 2.62. The average molecular weight is 703 g/mol. The van der Waals surface area contributed by atoms with E-state index in [1.807, 2.05) is 30.3 Å². The monoisotopic (exact) mass is 702 g/mol. The van der Waals surface area contributed by atoms with Crippen molar-refractivity contribution in [2.75, 3.05) is 4.90 Å². The van der Waals surface area contributed by atoms with E-state index in [0.717, 1.165) is 77.9 Å².